The van der Waals surface area contributed by atoms with Gasteiger partial charge in [0.25, 0.3) is 0 Å². The van der Waals surface area contributed by atoms with Crippen LogP contribution in [0.3, 0.4) is 0 Å². The minimum atomic E-state index is -0.169. The number of amides is 1. The monoisotopic (exact) mass is 242 g/mol. The number of thiol groups is 1. The van der Waals surface area contributed by atoms with Crippen LogP contribution in [0.4, 0.5) is 0 Å². The Kier molecular flexibility index (Phi) is 3.80. The zero-order chi connectivity index (χ0) is 11.7. The molecule has 0 aromatic heterocycles. The van der Waals surface area contributed by atoms with Crippen molar-refractivity contribution in [1.82, 2.24) is 9.80 Å². The Bertz CT molecular complexity index is 270. The molecule has 0 aromatic rings. The average Bonchev–Trinajstić information content (AvgIpc) is 2.27. The van der Waals surface area contributed by atoms with Crippen LogP contribution in [0.15, 0.2) is 0 Å². The lowest BCUT2D eigenvalue weighted by Gasteiger charge is -2.47. The topological polar surface area (TPSA) is 23.6 Å². The Morgan fingerprint density at radius 1 is 1.38 bits per heavy atom. The molecule has 0 aromatic carbocycles. The van der Waals surface area contributed by atoms with E-state index in [4.69, 9.17) is 0 Å². The molecule has 2 saturated heterocycles. The summed E-state index contributed by atoms with van der Waals surface area (Å²) in [5, 5.41) is -0.169. The number of carbonyl (C=O) groups excluding carboxylic acids is 1. The number of piperazine rings is 1. The van der Waals surface area contributed by atoms with Crippen molar-refractivity contribution in [2.24, 2.45) is 0 Å². The van der Waals surface area contributed by atoms with Crippen molar-refractivity contribution in [2.75, 3.05) is 19.6 Å². The molecule has 4 heteroatoms. The first-order valence-corrected chi connectivity index (χ1v) is 6.84. The minimum Gasteiger partial charge on any atom is -0.336 e. The molecule has 0 saturated carbocycles. The van der Waals surface area contributed by atoms with Crippen LogP contribution >= 0.6 is 12.6 Å². The van der Waals surface area contributed by atoms with Gasteiger partial charge in [0.2, 0.25) is 5.91 Å². The van der Waals surface area contributed by atoms with Gasteiger partial charge in [0.05, 0.1) is 5.25 Å². The van der Waals surface area contributed by atoms with Crippen LogP contribution in [0.5, 0.6) is 0 Å². The van der Waals surface area contributed by atoms with Crippen molar-refractivity contribution in [3.05, 3.63) is 0 Å². The summed E-state index contributed by atoms with van der Waals surface area (Å²) in [5.74, 6) is 0.195. The molecule has 0 N–H and O–H groups in total. The highest BCUT2D eigenvalue weighted by Gasteiger charge is 2.35. The van der Waals surface area contributed by atoms with Crippen LogP contribution < -0.4 is 0 Å². The van der Waals surface area contributed by atoms with E-state index in [1.165, 1.54) is 25.8 Å². The number of hydrogen-bond acceptors (Lipinski definition) is 3. The summed E-state index contributed by atoms with van der Waals surface area (Å²) < 4.78 is 0. The number of piperidine rings is 1. The van der Waals surface area contributed by atoms with Gasteiger partial charge >= 0.3 is 0 Å². The molecule has 3 atom stereocenters. The summed E-state index contributed by atoms with van der Waals surface area (Å²) in [6.07, 6.45) is 3.88. The lowest BCUT2D eigenvalue weighted by Crippen LogP contribution is -2.61. The largest absolute Gasteiger partial charge is 0.336 e. The molecule has 3 unspecified atom stereocenters. The number of fused-ring (bicyclic) bond motifs is 1. The highest BCUT2D eigenvalue weighted by atomic mass is 32.1. The van der Waals surface area contributed by atoms with E-state index >= 15 is 0 Å². The Morgan fingerprint density at radius 2 is 2.12 bits per heavy atom. The van der Waals surface area contributed by atoms with Crippen molar-refractivity contribution in [3.63, 3.8) is 0 Å². The van der Waals surface area contributed by atoms with Crippen LogP contribution in [-0.2, 0) is 4.79 Å². The minimum absolute atomic E-state index is 0.169. The molecule has 3 nitrogen and oxygen atoms in total. The highest BCUT2D eigenvalue weighted by Crippen LogP contribution is 2.24. The Balaban J connectivity index is 2.03. The molecule has 0 radical (unpaired) electrons. The molecule has 0 bridgehead atoms. The standard InChI is InChI=1S/C12H22N2OS/c1-9-7-13-6-4-3-5-11(13)8-14(9)12(15)10(2)16/h9-11,16H,3-8H2,1-2H3. The van der Waals surface area contributed by atoms with E-state index in [-0.39, 0.29) is 11.2 Å². The van der Waals surface area contributed by atoms with E-state index in [1.54, 1.807) is 0 Å². The average molecular weight is 242 g/mol. The Hall–Kier alpha value is -0.220. The van der Waals surface area contributed by atoms with Crippen molar-refractivity contribution in [3.8, 4) is 0 Å². The first-order valence-electron chi connectivity index (χ1n) is 6.32. The van der Waals surface area contributed by atoms with Gasteiger partial charge in [-0.3, -0.25) is 9.69 Å². The van der Waals surface area contributed by atoms with Crippen LogP contribution in [0.25, 0.3) is 0 Å². The van der Waals surface area contributed by atoms with E-state index in [0.29, 0.717) is 12.1 Å². The Morgan fingerprint density at radius 3 is 2.81 bits per heavy atom. The summed E-state index contributed by atoms with van der Waals surface area (Å²) in [7, 11) is 0. The number of hydrogen-bond donors (Lipinski definition) is 1. The highest BCUT2D eigenvalue weighted by molar-refractivity contribution is 7.81. The molecule has 2 fully saturated rings. The maximum absolute atomic E-state index is 12.0. The summed E-state index contributed by atoms with van der Waals surface area (Å²) in [4.78, 5) is 16.6. The smallest absolute Gasteiger partial charge is 0.235 e. The summed E-state index contributed by atoms with van der Waals surface area (Å²) >= 11 is 4.26. The molecule has 0 aliphatic carbocycles. The van der Waals surface area contributed by atoms with Gasteiger partial charge in [-0.25, -0.2) is 0 Å². The third-order valence-corrected chi connectivity index (χ3v) is 4.05. The first kappa shape index (κ1) is 12.2. The van der Waals surface area contributed by atoms with Crippen LogP contribution in [-0.4, -0.2) is 52.7 Å². The molecule has 2 aliphatic rings. The van der Waals surface area contributed by atoms with Gasteiger partial charge in [0, 0.05) is 25.2 Å². The van der Waals surface area contributed by atoms with Gasteiger partial charge in [-0.1, -0.05) is 6.42 Å². The predicted molar refractivity (Wildman–Crippen MR) is 68.8 cm³/mol. The van der Waals surface area contributed by atoms with E-state index in [1.807, 2.05) is 11.8 Å². The van der Waals surface area contributed by atoms with Crippen molar-refractivity contribution in [1.29, 1.82) is 0 Å². The molecular formula is C12H22N2OS. The zero-order valence-electron chi connectivity index (χ0n) is 10.2. The molecule has 1 amide bonds. The maximum atomic E-state index is 12.0. The van der Waals surface area contributed by atoms with Crippen LogP contribution in [0, 0.1) is 0 Å². The van der Waals surface area contributed by atoms with Gasteiger partial charge in [0.1, 0.15) is 0 Å². The van der Waals surface area contributed by atoms with E-state index in [0.717, 1.165) is 13.1 Å². The summed E-state index contributed by atoms with van der Waals surface area (Å²) in [6.45, 7) is 7.18. The molecule has 2 rings (SSSR count). The predicted octanol–water partition coefficient (Wildman–Crippen LogP) is 1.39. The zero-order valence-corrected chi connectivity index (χ0v) is 11.1. The Labute approximate surface area is 104 Å². The maximum Gasteiger partial charge on any atom is 0.235 e. The lowest BCUT2D eigenvalue weighted by molar-refractivity contribution is -0.137. The molecule has 0 spiro atoms. The molecule has 92 valence electrons. The van der Waals surface area contributed by atoms with Crippen LogP contribution in [0.1, 0.15) is 33.1 Å². The second-order valence-corrected chi connectivity index (χ2v) is 5.93. The summed E-state index contributed by atoms with van der Waals surface area (Å²) in [6, 6.07) is 0.942. The second-order valence-electron chi connectivity index (χ2n) is 5.16. The first-order chi connectivity index (χ1) is 7.59. The van der Waals surface area contributed by atoms with Gasteiger partial charge in [0.15, 0.2) is 0 Å². The van der Waals surface area contributed by atoms with Gasteiger partial charge in [-0.15, -0.1) is 0 Å². The number of carbonyl (C=O) groups is 1. The summed E-state index contributed by atoms with van der Waals surface area (Å²) in [5.41, 5.74) is 0. The van der Waals surface area contributed by atoms with Gasteiger partial charge < -0.3 is 4.90 Å². The molecule has 16 heavy (non-hydrogen) atoms. The van der Waals surface area contributed by atoms with Crippen LogP contribution in [0.2, 0.25) is 0 Å². The fourth-order valence-corrected chi connectivity index (χ4v) is 3.05. The van der Waals surface area contributed by atoms with E-state index < -0.39 is 0 Å². The number of nitrogens with zero attached hydrogens (tertiary/aromatic N) is 2. The third kappa shape index (κ3) is 2.38. The van der Waals surface area contributed by atoms with Crippen molar-refractivity contribution >= 4 is 18.5 Å². The molecule has 2 aliphatic heterocycles. The number of rotatable bonds is 1. The SMILES string of the molecule is CC(S)C(=O)N1CC2CCCCN2CC1C. The molecular weight excluding hydrogens is 220 g/mol. The lowest BCUT2D eigenvalue weighted by atomic mass is 9.97. The fraction of sp³-hybridized carbons (Fsp3) is 0.917. The third-order valence-electron chi connectivity index (χ3n) is 3.83. The normalized spacial score (nSPS) is 33.3. The van der Waals surface area contributed by atoms with E-state index in [9.17, 15) is 4.79 Å². The van der Waals surface area contributed by atoms with Crippen molar-refractivity contribution < 1.29 is 4.79 Å². The van der Waals surface area contributed by atoms with Crippen molar-refractivity contribution in [2.45, 2.75) is 50.4 Å². The van der Waals surface area contributed by atoms with Gasteiger partial charge in [-0.05, 0) is 33.2 Å². The quantitative estimate of drug-likeness (QED) is 0.703. The molecule has 2 heterocycles. The second kappa shape index (κ2) is 4.96. The fourth-order valence-electron chi connectivity index (χ4n) is 2.90. The van der Waals surface area contributed by atoms with E-state index in [2.05, 4.69) is 24.5 Å². The van der Waals surface area contributed by atoms with Gasteiger partial charge in [-0.2, -0.15) is 12.6 Å².